The summed E-state index contributed by atoms with van der Waals surface area (Å²) in [5.41, 5.74) is 3.06. The lowest BCUT2D eigenvalue weighted by molar-refractivity contribution is -0.111. The second-order valence-corrected chi connectivity index (χ2v) is 6.69. The van der Waals surface area contributed by atoms with Crippen LogP contribution in [0.4, 0.5) is 0 Å². The first-order chi connectivity index (χ1) is 14.6. The van der Waals surface area contributed by atoms with Crippen LogP contribution in [0.5, 0.6) is 0 Å². The number of fused-ring (bicyclic) bond motifs is 1. The molecule has 30 heavy (non-hydrogen) atoms. The zero-order valence-corrected chi connectivity index (χ0v) is 16.6. The Morgan fingerprint density at radius 1 is 0.733 bits per heavy atom. The van der Waals surface area contributed by atoms with Gasteiger partial charge in [-0.05, 0) is 46.2 Å². The molecular formula is C28H22O2. The van der Waals surface area contributed by atoms with E-state index in [1.807, 2.05) is 60.7 Å². The topological polar surface area (TPSA) is 34.1 Å². The first-order valence-corrected chi connectivity index (χ1v) is 9.59. The molecule has 3 aromatic carbocycles. The number of hydrogen-bond acceptors (Lipinski definition) is 2. The van der Waals surface area contributed by atoms with E-state index in [0.29, 0.717) is 11.1 Å². The van der Waals surface area contributed by atoms with E-state index in [2.05, 4.69) is 13.2 Å². The summed E-state index contributed by atoms with van der Waals surface area (Å²) in [6.45, 7) is 7.26. The Hall–Kier alpha value is -4.04. The highest BCUT2D eigenvalue weighted by Crippen LogP contribution is 2.20. The maximum absolute atomic E-state index is 12.2. The summed E-state index contributed by atoms with van der Waals surface area (Å²) >= 11 is 0. The Labute approximate surface area is 176 Å². The fourth-order valence-electron chi connectivity index (χ4n) is 3.01. The van der Waals surface area contributed by atoms with Crippen molar-refractivity contribution in [2.24, 2.45) is 0 Å². The van der Waals surface area contributed by atoms with E-state index in [9.17, 15) is 9.59 Å². The number of rotatable bonds is 8. The molecule has 0 N–H and O–H groups in total. The Morgan fingerprint density at radius 3 is 1.90 bits per heavy atom. The zero-order valence-electron chi connectivity index (χ0n) is 16.6. The van der Waals surface area contributed by atoms with E-state index in [1.165, 1.54) is 12.2 Å². The molecule has 0 aliphatic heterocycles. The van der Waals surface area contributed by atoms with E-state index in [1.54, 1.807) is 36.4 Å². The molecule has 2 nitrogen and oxygen atoms in total. The molecule has 0 amide bonds. The van der Waals surface area contributed by atoms with E-state index >= 15 is 0 Å². The van der Waals surface area contributed by atoms with Gasteiger partial charge in [-0.3, -0.25) is 9.59 Å². The van der Waals surface area contributed by atoms with Crippen molar-refractivity contribution in [2.45, 2.75) is 0 Å². The Kier molecular flexibility index (Phi) is 6.86. The quantitative estimate of drug-likeness (QED) is 0.246. The van der Waals surface area contributed by atoms with Crippen LogP contribution < -0.4 is 0 Å². The predicted molar refractivity (Wildman–Crippen MR) is 126 cm³/mol. The molecule has 0 heterocycles. The van der Waals surface area contributed by atoms with Gasteiger partial charge in [-0.15, -0.1) is 0 Å². The maximum atomic E-state index is 12.2. The van der Waals surface area contributed by atoms with Gasteiger partial charge in [-0.1, -0.05) is 98.1 Å². The Balaban J connectivity index is 1.77. The number of benzene rings is 3. The van der Waals surface area contributed by atoms with Gasteiger partial charge in [-0.2, -0.15) is 0 Å². The van der Waals surface area contributed by atoms with Crippen molar-refractivity contribution in [3.63, 3.8) is 0 Å². The molecule has 0 radical (unpaired) electrons. The predicted octanol–water partition coefficient (Wildman–Crippen LogP) is 6.62. The van der Waals surface area contributed by atoms with Crippen molar-refractivity contribution in [3.8, 4) is 0 Å². The highest BCUT2D eigenvalue weighted by atomic mass is 16.1. The van der Waals surface area contributed by atoms with Gasteiger partial charge in [0.1, 0.15) is 0 Å². The number of carbonyl (C=O) groups is 2. The molecule has 2 heteroatoms. The lowest BCUT2D eigenvalue weighted by Crippen LogP contribution is -1.94. The zero-order chi connectivity index (χ0) is 21.3. The fraction of sp³-hybridized carbons (Fsp3) is 0. The smallest absolute Gasteiger partial charge is 0.185 e. The van der Waals surface area contributed by atoms with Crippen LogP contribution in [0.25, 0.3) is 22.9 Å². The third kappa shape index (κ3) is 5.27. The van der Waals surface area contributed by atoms with E-state index < -0.39 is 0 Å². The lowest BCUT2D eigenvalue weighted by Gasteiger charge is -2.02. The van der Waals surface area contributed by atoms with Gasteiger partial charge < -0.3 is 0 Å². The standard InChI is InChI=1S/C28H22O2/c1-3-8-23(4-2)27(29)17-13-21-11-15-26-20-22(12-16-25(26)19-21)14-18-28(30)24-9-6-5-7-10-24/h3-20H,1-2H2/b17-13+,18-14+,23-8+. The molecular weight excluding hydrogens is 368 g/mol. The van der Waals surface area contributed by atoms with Crippen LogP contribution in [0.15, 0.2) is 116 Å². The molecule has 0 unspecified atom stereocenters. The van der Waals surface area contributed by atoms with Crippen LogP contribution in [0.2, 0.25) is 0 Å². The third-order valence-electron chi connectivity index (χ3n) is 4.60. The second-order valence-electron chi connectivity index (χ2n) is 6.69. The molecule has 0 aliphatic rings. The molecule has 146 valence electrons. The average Bonchev–Trinajstić information content (AvgIpc) is 2.79. The van der Waals surface area contributed by atoms with Crippen LogP contribution >= 0.6 is 0 Å². The van der Waals surface area contributed by atoms with Gasteiger partial charge in [0, 0.05) is 11.1 Å². The average molecular weight is 390 g/mol. The first kappa shape index (κ1) is 20.7. The monoisotopic (exact) mass is 390 g/mol. The van der Waals surface area contributed by atoms with Gasteiger partial charge in [0.2, 0.25) is 0 Å². The fourth-order valence-corrected chi connectivity index (χ4v) is 3.01. The molecule has 0 aromatic heterocycles. The minimum absolute atomic E-state index is 0.0229. The minimum Gasteiger partial charge on any atom is -0.289 e. The maximum Gasteiger partial charge on any atom is 0.185 e. The summed E-state index contributed by atoms with van der Waals surface area (Å²) in [7, 11) is 0. The first-order valence-electron chi connectivity index (χ1n) is 9.59. The van der Waals surface area contributed by atoms with Crippen LogP contribution in [0.3, 0.4) is 0 Å². The molecule has 0 bridgehead atoms. The molecule has 0 aliphatic carbocycles. The SMILES string of the molecule is C=C/C=C(\C=C)C(=O)/C=C/c1ccc2cc(/C=C/C(=O)c3ccccc3)ccc2c1. The highest BCUT2D eigenvalue weighted by molar-refractivity contribution is 6.08. The van der Waals surface area contributed by atoms with Crippen LogP contribution in [-0.4, -0.2) is 11.6 Å². The lowest BCUT2D eigenvalue weighted by atomic mass is 10.0. The largest absolute Gasteiger partial charge is 0.289 e. The summed E-state index contributed by atoms with van der Waals surface area (Å²) in [5.74, 6) is -0.140. The number of hydrogen-bond donors (Lipinski definition) is 0. The number of allylic oxidation sites excluding steroid dienone is 6. The van der Waals surface area contributed by atoms with Crippen molar-refractivity contribution >= 4 is 34.5 Å². The summed E-state index contributed by atoms with van der Waals surface area (Å²) in [6, 6.07) is 21.2. The van der Waals surface area contributed by atoms with Crippen LogP contribution in [-0.2, 0) is 4.79 Å². The Bertz CT molecular complexity index is 1190. The number of carbonyl (C=O) groups excluding carboxylic acids is 2. The highest BCUT2D eigenvalue weighted by Gasteiger charge is 2.02. The summed E-state index contributed by atoms with van der Waals surface area (Å²) in [6.07, 6.45) is 11.5. The van der Waals surface area contributed by atoms with Crippen molar-refractivity contribution in [2.75, 3.05) is 0 Å². The molecule has 3 rings (SSSR count). The van der Waals surface area contributed by atoms with Crippen LogP contribution in [0, 0.1) is 0 Å². The van der Waals surface area contributed by atoms with Crippen molar-refractivity contribution in [3.05, 3.63) is 133 Å². The van der Waals surface area contributed by atoms with Gasteiger partial charge in [0.25, 0.3) is 0 Å². The summed E-state index contributed by atoms with van der Waals surface area (Å²) in [5, 5.41) is 2.12. The Morgan fingerprint density at radius 2 is 1.33 bits per heavy atom. The van der Waals surface area contributed by atoms with Gasteiger partial charge in [0.05, 0.1) is 0 Å². The summed E-state index contributed by atoms with van der Waals surface area (Å²) < 4.78 is 0. The normalized spacial score (nSPS) is 11.8. The van der Waals surface area contributed by atoms with Crippen molar-refractivity contribution in [1.82, 2.24) is 0 Å². The molecule has 0 spiro atoms. The molecule has 0 saturated heterocycles. The van der Waals surface area contributed by atoms with Gasteiger partial charge >= 0.3 is 0 Å². The van der Waals surface area contributed by atoms with E-state index in [-0.39, 0.29) is 11.6 Å². The van der Waals surface area contributed by atoms with E-state index in [4.69, 9.17) is 0 Å². The molecule has 0 fully saturated rings. The minimum atomic E-state index is -0.117. The molecule has 0 atom stereocenters. The van der Waals surface area contributed by atoms with Gasteiger partial charge in [0.15, 0.2) is 11.6 Å². The van der Waals surface area contributed by atoms with E-state index in [0.717, 1.165) is 21.9 Å². The summed E-state index contributed by atoms with van der Waals surface area (Å²) in [4.78, 5) is 24.4. The van der Waals surface area contributed by atoms with Crippen molar-refractivity contribution in [1.29, 1.82) is 0 Å². The number of ketones is 2. The van der Waals surface area contributed by atoms with Crippen LogP contribution in [0.1, 0.15) is 21.5 Å². The third-order valence-corrected chi connectivity index (χ3v) is 4.60. The van der Waals surface area contributed by atoms with Gasteiger partial charge in [-0.25, -0.2) is 0 Å². The molecule has 0 saturated carbocycles. The van der Waals surface area contributed by atoms with Crippen molar-refractivity contribution < 1.29 is 9.59 Å². The second kappa shape index (κ2) is 9.94. The molecule has 3 aromatic rings.